The summed E-state index contributed by atoms with van der Waals surface area (Å²) in [6.07, 6.45) is 3.51. The van der Waals surface area contributed by atoms with Crippen molar-refractivity contribution in [3.63, 3.8) is 0 Å². The first kappa shape index (κ1) is 21.9. The number of hydrogen-bond acceptors (Lipinski definition) is 4. The number of benzene rings is 2. The normalized spacial score (nSPS) is 10.9. The van der Waals surface area contributed by atoms with Crippen LogP contribution in [0.15, 0.2) is 59.1 Å². The smallest absolute Gasteiger partial charge is 0.341 e. The molecule has 1 amide bonds. The van der Waals surface area contributed by atoms with Gasteiger partial charge in [0.2, 0.25) is 5.91 Å². The van der Waals surface area contributed by atoms with Crippen LogP contribution in [-0.2, 0) is 16.0 Å². The monoisotopic (exact) mass is 487 g/mol. The molecule has 0 spiro atoms. The Hall–Kier alpha value is -2.77. The molecule has 3 aromatic rings. The van der Waals surface area contributed by atoms with Gasteiger partial charge in [0.25, 0.3) is 0 Å². The number of ether oxygens (including phenoxy) is 1. The van der Waals surface area contributed by atoms with E-state index in [1.165, 1.54) is 42.7 Å². The Labute approximate surface area is 186 Å². The molecule has 0 aliphatic heterocycles. The number of amides is 1. The molecule has 0 saturated heterocycles. The third-order valence-electron chi connectivity index (χ3n) is 4.34. The van der Waals surface area contributed by atoms with Crippen molar-refractivity contribution in [1.82, 2.24) is 0 Å². The third-order valence-corrected chi connectivity index (χ3v) is 6.12. The summed E-state index contributed by atoms with van der Waals surface area (Å²) in [5.74, 6) is -1.32. The van der Waals surface area contributed by atoms with Crippen LogP contribution < -0.4 is 5.32 Å². The van der Waals surface area contributed by atoms with E-state index in [1.807, 2.05) is 31.2 Å². The van der Waals surface area contributed by atoms with Gasteiger partial charge in [-0.15, -0.1) is 11.3 Å². The van der Waals surface area contributed by atoms with Crippen LogP contribution in [0.3, 0.4) is 0 Å². The molecule has 7 heteroatoms. The average Bonchev–Trinajstić information content (AvgIpc) is 3.10. The number of rotatable bonds is 6. The van der Waals surface area contributed by atoms with E-state index in [0.717, 1.165) is 20.5 Å². The standard InChI is InChI=1S/C23H19BrFNO3S/c1-3-18-20(15-8-10-16(24)11-9-15)21(23(28)29-2)22(30-18)26-19(27)12-7-14-5-4-6-17(25)13-14/h4-13H,3H2,1-2H3,(H,26,27)/b12-7+. The molecular formula is C23H19BrFNO3S. The van der Waals surface area contributed by atoms with Gasteiger partial charge in [0, 0.05) is 21.0 Å². The highest BCUT2D eigenvalue weighted by molar-refractivity contribution is 9.10. The summed E-state index contributed by atoms with van der Waals surface area (Å²) in [5, 5.41) is 3.20. The predicted molar refractivity (Wildman–Crippen MR) is 122 cm³/mol. The van der Waals surface area contributed by atoms with E-state index in [2.05, 4.69) is 21.2 Å². The number of halogens is 2. The zero-order chi connectivity index (χ0) is 21.7. The summed E-state index contributed by atoms with van der Waals surface area (Å²) >= 11 is 4.76. The lowest BCUT2D eigenvalue weighted by Gasteiger charge is -2.08. The van der Waals surface area contributed by atoms with Crippen molar-refractivity contribution in [2.45, 2.75) is 13.3 Å². The first-order chi connectivity index (χ1) is 14.4. The lowest BCUT2D eigenvalue weighted by atomic mass is 10.00. The number of carbonyl (C=O) groups is 2. The minimum atomic E-state index is -0.520. The van der Waals surface area contributed by atoms with E-state index >= 15 is 0 Å². The predicted octanol–water partition coefficient (Wildman–Crippen LogP) is 6.32. The van der Waals surface area contributed by atoms with Gasteiger partial charge in [-0.25, -0.2) is 9.18 Å². The Bertz CT molecular complexity index is 1110. The highest BCUT2D eigenvalue weighted by Gasteiger charge is 2.25. The van der Waals surface area contributed by atoms with Gasteiger partial charge in [0.1, 0.15) is 16.4 Å². The molecule has 3 rings (SSSR count). The van der Waals surface area contributed by atoms with Gasteiger partial charge < -0.3 is 10.1 Å². The van der Waals surface area contributed by atoms with Crippen LogP contribution in [0.5, 0.6) is 0 Å². The molecule has 0 fully saturated rings. The molecule has 4 nitrogen and oxygen atoms in total. The van der Waals surface area contributed by atoms with Crippen LogP contribution in [0, 0.1) is 5.82 Å². The number of anilines is 1. The number of methoxy groups -OCH3 is 1. The van der Waals surface area contributed by atoms with Crippen LogP contribution >= 0.6 is 27.3 Å². The van der Waals surface area contributed by atoms with Crippen molar-refractivity contribution >= 4 is 50.2 Å². The lowest BCUT2D eigenvalue weighted by molar-refractivity contribution is -0.111. The first-order valence-electron chi connectivity index (χ1n) is 9.17. The Balaban J connectivity index is 1.96. The largest absolute Gasteiger partial charge is 0.465 e. The van der Waals surface area contributed by atoms with Gasteiger partial charge in [-0.1, -0.05) is 47.1 Å². The van der Waals surface area contributed by atoms with Gasteiger partial charge in [0.05, 0.1) is 7.11 Å². The number of nitrogens with one attached hydrogen (secondary N) is 1. The summed E-state index contributed by atoms with van der Waals surface area (Å²) in [7, 11) is 1.31. The molecule has 1 N–H and O–H groups in total. The Morgan fingerprint density at radius 1 is 1.20 bits per heavy atom. The SMILES string of the molecule is CCc1sc(NC(=O)/C=C/c2cccc(F)c2)c(C(=O)OC)c1-c1ccc(Br)cc1. The molecule has 1 heterocycles. The fourth-order valence-corrected chi connectivity index (χ4v) is 4.39. The molecule has 0 aliphatic carbocycles. The van der Waals surface area contributed by atoms with Gasteiger partial charge in [-0.05, 0) is 47.9 Å². The number of thiophene rings is 1. The summed E-state index contributed by atoms with van der Waals surface area (Å²) in [5.41, 5.74) is 2.51. The highest BCUT2D eigenvalue weighted by Crippen LogP contribution is 2.41. The molecule has 0 saturated carbocycles. The molecule has 0 aliphatic rings. The molecular weight excluding hydrogens is 469 g/mol. The fourth-order valence-electron chi connectivity index (χ4n) is 2.97. The van der Waals surface area contributed by atoms with E-state index in [9.17, 15) is 14.0 Å². The third kappa shape index (κ3) is 5.04. The summed E-state index contributed by atoms with van der Waals surface area (Å²) in [6.45, 7) is 1.99. The topological polar surface area (TPSA) is 55.4 Å². The minimum Gasteiger partial charge on any atom is -0.465 e. The first-order valence-corrected chi connectivity index (χ1v) is 10.8. The number of aryl methyl sites for hydroxylation is 1. The van der Waals surface area contributed by atoms with Gasteiger partial charge in [-0.3, -0.25) is 4.79 Å². The maximum atomic E-state index is 13.3. The summed E-state index contributed by atoms with van der Waals surface area (Å²) in [6, 6.07) is 13.5. The number of carbonyl (C=O) groups excluding carboxylic acids is 2. The van der Waals surface area contributed by atoms with E-state index in [-0.39, 0.29) is 5.82 Å². The van der Waals surface area contributed by atoms with Crippen molar-refractivity contribution in [2.75, 3.05) is 12.4 Å². The van der Waals surface area contributed by atoms with Crippen LogP contribution in [0.2, 0.25) is 0 Å². The Kier molecular flexibility index (Phi) is 7.18. The van der Waals surface area contributed by atoms with Crippen LogP contribution in [0.4, 0.5) is 9.39 Å². The van der Waals surface area contributed by atoms with Gasteiger partial charge in [0.15, 0.2) is 0 Å². The van der Waals surface area contributed by atoms with Crippen molar-refractivity contribution in [1.29, 1.82) is 0 Å². The van der Waals surface area contributed by atoms with Crippen molar-refractivity contribution < 1.29 is 18.7 Å². The van der Waals surface area contributed by atoms with E-state index in [1.54, 1.807) is 12.1 Å². The molecule has 0 unspecified atom stereocenters. The Morgan fingerprint density at radius 3 is 2.57 bits per heavy atom. The zero-order valence-corrected chi connectivity index (χ0v) is 18.8. The molecule has 0 bridgehead atoms. The summed E-state index contributed by atoms with van der Waals surface area (Å²) in [4.78, 5) is 26.0. The van der Waals surface area contributed by atoms with Gasteiger partial charge in [-0.2, -0.15) is 0 Å². The van der Waals surface area contributed by atoms with Crippen LogP contribution in [-0.4, -0.2) is 19.0 Å². The quantitative estimate of drug-likeness (QED) is 0.327. The maximum absolute atomic E-state index is 13.3. The fraction of sp³-hybridized carbons (Fsp3) is 0.130. The Morgan fingerprint density at radius 2 is 1.93 bits per heavy atom. The highest BCUT2D eigenvalue weighted by atomic mass is 79.9. The number of esters is 1. The number of hydrogen-bond donors (Lipinski definition) is 1. The molecule has 1 aromatic heterocycles. The second-order valence-electron chi connectivity index (χ2n) is 6.33. The van der Waals surface area contributed by atoms with E-state index < -0.39 is 11.9 Å². The van der Waals surface area contributed by atoms with Crippen molar-refractivity contribution in [2.24, 2.45) is 0 Å². The molecule has 0 atom stereocenters. The van der Waals surface area contributed by atoms with Crippen LogP contribution in [0.1, 0.15) is 27.7 Å². The maximum Gasteiger partial charge on any atom is 0.341 e. The van der Waals surface area contributed by atoms with E-state index in [4.69, 9.17) is 4.74 Å². The zero-order valence-electron chi connectivity index (χ0n) is 16.4. The minimum absolute atomic E-state index is 0.328. The molecule has 30 heavy (non-hydrogen) atoms. The molecule has 0 radical (unpaired) electrons. The van der Waals surface area contributed by atoms with Crippen LogP contribution in [0.25, 0.3) is 17.2 Å². The second-order valence-corrected chi connectivity index (χ2v) is 8.35. The summed E-state index contributed by atoms with van der Waals surface area (Å²) < 4.78 is 19.2. The van der Waals surface area contributed by atoms with E-state index in [0.29, 0.717) is 22.5 Å². The lowest BCUT2D eigenvalue weighted by Crippen LogP contribution is -2.11. The van der Waals surface area contributed by atoms with Crippen molar-refractivity contribution in [3.05, 3.63) is 80.9 Å². The molecule has 2 aromatic carbocycles. The van der Waals surface area contributed by atoms with Gasteiger partial charge >= 0.3 is 5.97 Å². The molecule has 154 valence electrons. The van der Waals surface area contributed by atoms with Crippen molar-refractivity contribution in [3.8, 4) is 11.1 Å². The average molecular weight is 488 g/mol. The second kappa shape index (κ2) is 9.82.